The number of hydrogen-bond donors (Lipinski definition) is 2. The van der Waals surface area contributed by atoms with E-state index in [2.05, 4.69) is 4.98 Å². The predicted molar refractivity (Wildman–Crippen MR) is 65.7 cm³/mol. The Bertz CT molecular complexity index is 702. The van der Waals surface area contributed by atoms with Gasteiger partial charge in [0.1, 0.15) is 6.04 Å². The highest BCUT2D eigenvalue weighted by Crippen LogP contribution is 2.09. The molecule has 88 valence electrons. The van der Waals surface area contributed by atoms with Crippen molar-refractivity contribution in [3.8, 4) is 0 Å². The number of carboxylic acid groups (broad SMARTS) is 1. The first-order valence-corrected chi connectivity index (χ1v) is 5.39. The fourth-order valence-corrected chi connectivity index (χ4v) is 1.99. The topological polar surface area (TPSA) is 75.1 Å². The van der Waals surface area contributed by atoms with E-state index in [-0.39, 0.29) is 10.3 Å². The monoisotopic (exact) mass is 250 g/mol. The number of H-pyrrole nitrogens is 1. The van der Waals surface area contributed by atoms with E-state index in [1.807, 2.05) is 0 Å². The number of nitrogens with one attached hydrogen (secondary N) is 1. The number of fused-ring (bicyclic) bond motifs is 1. The van der Waals surface area contributed by atoms with Gasteiger partial charge in [-0.2, -0.15) is 0 Å². The molecule has 0 aliphatic heterocycles. The van der Waals surface area contributed by atoms with E-state index in [1.165, 1.54) is 6.92 Å². The molecule has 17 heavy (non-hydrogen) atoms. The van der Waals surface area contributed by atoms with Crippen molar-refractivity contribution in [3.05, 3.63) is 39.4 Å². The minimum Gasteiger partial charge on any atom is -0.480 e. The fourth-order valence-electron chi connectivity index (χ4n) is 1.64. The van der Waals surface area contributed by atoms with Gasteiger partial charge in [-0.05, 0) is 31.3 Å². The molecule has 0 aliphatic rings. The van der Waals surface area contributed by atoms with Gasteiger partial charge >= 0.3 is 5.97 Å². The van der Waals surface area contributed by atoms with E-state index in [1.54, 1.807) is 24.3 Å². The second kappa shape index (κ2) is 4.14. The Labute approximate surface area is 101 Å². The molecule has 6 heteroatoms. The van der Waals surface area contributed by atoms with Crippen LogP contribution in [0.2, 0.25) is 0 Å². The molecule has 5 nitrogen and oxygen atoms in total. The first-order chi connectivity index (χ1) is 8.02. The predicted octanol–water partition coefficient (Wildman–Crippen LogP) is 1.70. The van der Waals surface area contributed by atoms with Gasteiger partial charge in [-0.25, -0.2) is 4.79 Å². The van der Waals surface area contributed by atoms with Gasteiger partial charge in [0.25, 0.3) is 5.56 Å². The molecule has 2 rings (SSSR count). The lowest BCUT2D eigenvalue weighted by atomic mass is 10.2. The summed E-state index contributed by atoms with van der Waals surface area (Å²) in [5, 5.41) is 9.36. The minimum atomic E-state index is -1.10. The molecule has 1 heterocycles. The summed E-state index contributed by atoms with van der Waals surface area (Å²) in [7, 11) is 0. The molecule has 1 aromatic heterocycles. The normalized spacial score (nSPS) is 12.5. The Balaban J connectivity index is 2.86. The molecule has 0 unspecified atom stereocenters. The third-order valence-electron chi connectivity index (χ3n) is 2.58. The van der Waals surface area contributed by atoms with Crippen molar-refractivity contribution in [3.63, 3.8) is 0 Å². The standard InChI is InChI=1S/C11H10N2O3S/c1-6(10(15)16)13-9(14)7-4-2-3-5-8(7)12-11(13)17/h2-6H,1H3,(H,12,17)(H,15,16)/t6-/m0/s1. The zero-order valence-electron chi connectivity index (χ0n) is 9.01. The smallest absolute Gasteiger partial charge is 0.326 e. The van der Waals surface area contributed by atoms with Crippen LogP contribution in [-0.2, 0) is 4.79 Å². The number of carboxylic acids is 1. The summed E-state index contributed by atoms with van der Waals surface area (Å²) in [5.41, 5.74) is 0.218. The van der Waals surface area contributed by atoms with Gasteiger partial charge in [0.2, 0.25) is 0 Å². The van der Waals surface area contributed by atoms with Crippen molar-refractivity contribution in [2.75, 3.05) is 0 Å². The summed E-state index contributed by atoms with van der Waals surface area (Å²) < 4.78 is 1.18. The average Bonchev–Trinajstić information content (AvgIpc) is 2.28. The average molecular weight is 250 g/mol. The van der Waals surface area contributed by atoms with Gasteiger partial charge in [0, 0.05) is 0 Å². The summed E-state index contributed by atoms with van der Waals surface area (Å²) in [6.45, 7) is 1.42. The van der Waals surface area contributed by atoms with E-state index in [9.17, 15) is 9.59 Å². The van der Waals surface area contributed by atoms with Gasteiger partial charge in [-0.15, -0.1) is 0 Å². The zero-order valence-corrected chi connectivity index (χ0v) is 9.82. The fraction of sp³-hybridized carbons (Fsp3) is 0.182. The van der Waals surface area contributed by atoms with E-state index >= 15 is 0 Å². The number of para-hydroxylation sites is 1. The molecule has 1 atom stereocenters. The zero-order chi connectivity index (χ0) is 12.6. The lowest BCUT2D eigenvalue weighted by molar-refractivity contribution is -0.140. The molecule has 0 saturated carbocycles. The quantitative estimate of drug-likeness (QED) is 0.795. The van der Waals surface area contributed by atoms with Gasteiger partial charge in [-0.3, -0.25) is 9.36 Å². The van der Waals surface area contributed by atoms with Crippen molar-refractivity contribution in [1.29, 1.82) is 0 Å². The summed E-state index contributed by atoms with van der Waals surface area (Å²) >= 11 is 5.01. The Morgan fingerprint density at radius 2 is 2.12 bits per heavy atom. The Morgan fingerprint density at radius 3 is 2.76 bits per heavy atom. The lowest BCUT2D eigenvalue weighted by Gasteiger charge is -2.11. The van der Waals surface area contributed by atoms with Crippen molar-refractivity contribution >= 4 is 29.1 Å². The summed E-state index contributed by atoms with van der Waals surface area (Å²) in [6.07, 6.45) is 0. The second-order valence-corrected chi connectivity index (χ2v) is 4.05. The number of aromatic amines is 1. The van der Waals surface area contributed by atoms with E-state index in [4.69, 9.17) is 17.3 Å². The molecule has 0 aliphatic carbocycles. The highest BCUT2D eigenvalue weighted by atomic mass is 32.1. The summed E-state index contributed by atoms with van der Waals surface area (Å²) in [6, 6.07) is 5.86. The highest BCUT2D eigenvalue weighted by molar-refractivity contribution is 7.71. The maximum absolute atomic E-state index is 12.1. The second-order valence-electron chi connectivity index (χ2n) is 3.67. The highest BCUT2D eigenvalue weighted by Gasteiger charge is 2.17. The number of nitrogens with zero attached hydrogens (tertiary/aromatic N) is 1. The van der Waals surface area contributed by atoms with Gasteiger partial charge < -0.3 is 10.1 Å². The maximum atomic E-state index is 12.1. The van der Waals surface area contributed by atoms with Crippen LogP contribution in [0, 0.1) is 4.77 Å². The molecule has 0 amide bonds. The Hall–Kier alpha value is -1.95. The largest absolute Gasteiger partial charge is 0.480 e. The van der Waals surface area contributed by atoms with Crippen LogP contribution in [0.3, 0.4) is 0 Å². The molecular weight excluding hydrogens is 240 g/mol. The number of aliphatic carboxylic acids is 1. The molecular formula is C11H10N2O3S. The molecule has 0 radical (unpaired) electrons. The van der Waals surface area contributed by atoms with Crippen molar-refractivity contribution in [2.24, 2.45) is 0 Å². The van der Waals surface area contributed by atoms with Crippen molar-refractivity contribution in [2.45, 2.75) is 13.0 Å². The van der Waals surface area contributed by atoms with Crippen molar-refractivity contribution in [1.82, 2.24) is 9.55 Å². The van der Waals surface area contributed by atoms with Crippen LogP contribution in [0.25, 0.3) is 10.9 Å². The first-order valence-electron chi connectivity index (χ1n) is 4.98. The van der Waals surface area contributed by atoms with E-state index in [0.717, 1.165) is 4.57 Å². The summed E-state index contributed by atoms with van der Waals surface area (Å²) in [4.78, 5) is 25.9. The molecule has 2 aromatic rings. The van der Waals surface area contributed by atoms with Crippen LogP contribution in [0.5, 0.6) is 0 Å². The van der Waals surface area contributed by atoms with Crippen LogP contribution in [0.4, 0.5) is 0 Å². The number of rotatable bonds is 2. The first kappa shape index (κ1) is 11.5. The van der Waals surface area contributed by atoms with Crippen LogP contribution >= 0.6 is 12.2 Å². The van der Waals surface area contributed by atoms with E-state index in [0.29, 0.717) is 10.9 Å². The van der Waals surface area contributed by atoms with Crippen LogP contribution < -0.4 is 5.56 Å². The molecule has 1 aromatic carbocycles. The van der Waals surface area contributed by atoms with Crippen LogP contribution in [0.1, 0.15) is 13.0 Å². The van der Waals surface area contributed by atoms with Crippen LogP contribution in [-0.4, -0.2) is 20.6 Å². The minimum absolute atomic E-state index is 0.114. The van der Waals surface area contributed by atoms with E-state index < -0.39 is 12.0 Å². The SMILES string of the molecule is C[C@@H](C(=O)O)n1c(=S)[nH]c2ccccc2c1=O. The molecule has 0 spiro atoms. The molecule has 2 N–H and O–H groups in total. The number of hydrogen-bond acceptors (Lipinski definition) is 3. The van der Waals surface area contributed by atoms with Gasteiger partial charge in [0.15, 0.2) is 4.77 Å². The van der Waals surface area contributed by atoms with Crippen LogP contribution in [0.15, 0.2) is 29.1 Å². The Morgan fingerprint density at radius 1 is 1.47 bits per heavy atom. The number of carbonyl (C=O) groups is 1. The number of benzene rings is 1. The third-order valence-corrected chi connectivity index (χ3v) is 2.88. The molecule has 0 fully saturated rings. The maximum Gasteiger partial charge on any atom is 0.326 e. The Kier molecular flexibility index (Phi) is 2.81. The molecule has 0 saturated heterocycles. The lowest BCUT2D eigenvalue weighted by Crippen LogP contribution is -2.29. The van der Waals surface area contributed by atoms with Gasteiger partial charge in [-0.1, -0.05) is 12.1 Å². The summed E-state index contributed by atoms with van der Waals surface area (Å²) in [5.74, 6) is -1.10. The number of aromatic nitrogens is 2. The van der Waals surface area contributed by atoms with Gasteiger partial charge in [0.05, 0.1) is 10.9 Å². The molecule has 0 bridgehead atoms. The third kappa shape index (κ3) is 1.87. The van der Waals surface area contributed by atoms with Crippen molar-refractivity contribution < 1.29 is 9.90 Å².